The molecule has 0 spiro atoms. The predicted molar refractivity (Wildman–Crippen MR) is 98.8 cm³/mol. The zero-order chi connectivity index (χ0) is 18.9. The summed E-state index contributed by atoms with van der Waals surface area (Å²) in [4.78, 5) is 4.10. The van der Waals surface area contributed by atoms with Gasteiger partial charge in [-0.2, -0.15) is 0 Å². The Balaban J connectivity index is 1.98. The molecule has 0 saturated carbocycles. The molecule has 26 heavy (non-hydrogen) atoms. The molecule has 1 aromatic heterocycles. The van der Waals surface area contributed by atoms with Gasteiger partial charge in [-0.1, -0.05) is 19.1 Å². The Kier molecular flexibility index (Phi) is 4.87. The fraction of sp³-hybridized carbons (Fsp3) is 0.235. The molecule has 0 aliphatic rings. The van der Waals surface area contributed by atoms with Gasteiger partial charge in [-0.15, -0.1) is 0 Å². The van der Waals surface area contributed by atoms with Crippen LogP contribution < -0.4 is 4.72 Å². The number of para-hydroxylation sites is 2. The van der Waals surface area contributed by atoms with Gasteiger partial charge in [0.15, 0.2) is 0 Å². The van der Waals surface area contributed by atoms with E-state index in [0.717, 1.165) is 3.97 Å². The summed E-state index contributed by atoms with van der Waals surface area (Å²) >= 11 is 0. The Labute approximate surface area is 152 Å². The highest BCUT2D eigenvalue weighted by molar-refractivity contribution is 7.90. The SMILES string of the molecule is CCC(C)NS(=O)(=O)c1ccc(S(=O)(=O)n2cnc3ccccc32)cc1. The lowest BCUT2D eigenvalue weighted by molar-refractivity contribution is 0.555. The number of nitrogens with zero attached hydrogens (tertiary/aromatic N) is 2. The number of aromatic nitrogens is 2. The number of nitrogens with one attached hydrogen (secondary N) is 1. The average molecular weight is 393 g/mol. The van der Waals surface area contributed by atoms with E-state index in [1.54, 1.807) is 31.2 Å². The highest BCUT2D eigenvalue weighted by Crippen LogP contribution is 2.21. The van der Waals surface area contributed by atoms with Crippen molar-refractivity contribution < 1.29 is 16.8 Å². The van der Waals surface area contributed by atoms with Crippen molar-refractivity contribution in [3.8, 4) is 0 Å². The minimum absolute atomic E-state index is 0.0110. The molecule has 1 heterocycles. The van der Waals surface area contributed by atoms with Crippen molar-refractivity contribution in [2.75, 3.05) is 0 Å². The fourth-order valence-corrected chi connectivity index (χ4v) is 5.07. The Morgan fingerprint density at radius 1 is 1.00 bits per heavy atom. The van der Waals surface area contributed by atoms with Crippen LogP contribution in [0.25, 0.3) is 11.0 Å². The molecule has 9 heteroatoms. The molecule has 0 fully saturated rings. The lowest BCUT2D eigenvalue weighted by Gasteiger charge is -2.12. The first-order valence-electron chi connectivity index (χ1n) is 8.06. The van der Waals surface area contributed by atoms with Gasteiger partial charge < -0.3 is 0 Å². The molecule has 1 unspecified atom stereocenters. The van der Waals surface area contributed by atoms with Crippen molar-refractivity contribution in [1.82, 2.24) is 13.7 Å². The lowest BCUT2D eigenvalue weighted by atomic mass is 10.3. The van der Waals surface area contributed by atoms with Crippen LogP contribution in [0.15, 0.2) is 64.6 Å². The molecule has 3 aromatic rings. The van der Waals surface area contributed by atoms with Crippen LogP contribution in [0, 0.1) is 0 Å². The Morgan fingerprint density at radius 2 is 1.62 bits per heavy atom. The van der Waals surface area contributed by atoms with E-state index in [1.807, 2.05) is 6.92 Å². The number of fused-ring (bicyclic) bond motifs is 1. The summed E-state index contributed by atoms with van der Waals surface area (Å²) in [7, 11) is -7.56. The number of imidazole rings is 1. The minimum atomic E-state index is -3.87. The summed E-state index contributed by atoms with van der Waals surface area (Å²) in [6.07, 6.45) is 1.90. The van der Waals surface area contributed by atoms with Gasteiger partial charge in [0, 0.05) is 6.04 Å². The van der Waals surface area contributed by atoms with E-state index >= 15 is 0 Å². The maximum atomic E-state index is 12.9. The second-order valence-electron chi connectivity index (χ2n) is 5.94. The summed E-state index contributed by atoms with van der Waals surface area (Å²) in [5, 5.41) is 0. The molecule has 1 atom stereocenters. The summed E-state index contributed by atoms with van der Waals surface area (Å²) in [6.45, 7) is 3.64. The minimum Gasteiger partial charge on any atom is -0.236 e. The topological polar surface area (TPSA) is 98.1 Å². The smallest absolute Gasteiger partial charge is 0.236 e. The first-order valence-corrected chi connectivity index (χ1v) is 11.0. The van der Waals surface area contributed by atoms with Crippen LogP contribution in [-0.4, -0.2) is 31.8 Å². The van der Waals surface area contributed by atoms with Crippen molar-refractivity contribution in [3.05, 3.63) is 54.9 Å². The van der Waals surface area contributed by atoms with Gasteiger partial charge >= 0.3 is 0 Å². The lowest BCUT2D eigenvalue weighted by Crippen LogP contribution is -2.32. The van der Waals surface area contributed by atoms with E-state index in [4.69, 9.17) is 0 Å². The molecule has 7 nitrogen and oxygen atoms in total. The van der Waals surface area contributed by atoms with Crippen LogP contribution in [0.4, 0.5) is 0 Å². The van der Waals surface area contributed by atoms with Crippen molar-refractivity contribution in [3.63, 3.8) is 0 Å². The number of hydrogen-bond donors (Lipinski definition) is 1. The van der Waals surface area contributed by atoms with Crippen molar-refractivity contribution in [1.29, 1.82) is 0 Å². The van der Waals surface area contributed by atoms with Crippen LogP contribution in [0.5, 0.6) is 0 Å². The maximum absolute atomic E-state index is 12.9. The van der Waals surface area contributed by atoms with Crippen LogP contribution in [0.1, 0.15) is 20.3 Å². The standard InChI is InChI=1S/C17H19N3O4S2/c1-3-13(2)19-25(21,22)14-8-10-15(11-9-14)26(23,24)20-12-18-16-6-4-5-7-17(16)20/h4-13,19H,3H2,1-2H3. The van der Waals surface area contributed by atoms with Gasteiger partial charge in [-0.25, -0.2) is 30.5 Å². The Hall–Kier alpha value is -2.23. The molecule has 0 saturated heterocycles. The van der Waals surface area contributed by atoms with Crippen molar-refractivity contribution in [2.45, 2.75) is 36.1 Å². The summed E-state index contributed by atoms with van der Waals surface area (Å²) in [5.74, 6) is 0. The van der Waals surface area contributed by atoms with Gasteiger partial charge in [0.25, 0.3) is 10.0 Å². The molecule has 2 aromatic carbocycles. The number of benzene rings is 2. The Bertz CT molecular complexity index is 1130. The third-order valence-electron chi connectivity index (χ3n) is 4.08. The van der Waals surface area contributed by atoms with Crippen LogP contribution in [0.2, 0.25) is 0 Å². The monoisotopic (exact) mass is 393 g/mol. The maximum Gasteiger partial charge on any atom is 0.269 e. The average Bonchev–Trinajstić information content (AvgIpc) is 3.06. The largest absolute Gasteiger partial charge is 0.269 e. The first-order chi connectivity index (χ1) is 12.3. The molecule has 0 radical (unpaired) electrons. The van der Waals surface area contributed by atoms with Gasteiger partial charge in [-0.3, -0.25) is 0 Å². The normalized spacial score (nSPS) is 13.8. The van der Waals surface area contributed by atoms with E-state index in [9.17, 15) is 16.8 Å². The van der Waals surface area contributed by atoms with Crippen LogP contribution >= 0.6 is 0 Å². The predicted octanol–water partition coefficient (Wildman–Crippen LogP) is 2.35. The second-order valence-corrected chi connectivity index (χ2v) is 9.47. The van der Waals surface area contributed by atoms with Crippen LogP contribution in [0.3, 0.4) is 0 Å². The molecule has 138 valence electrons. The van der Waals surface area contributed by atoms with Crippen molar-refractivity contribution >= 4 is 31.1 Å². The zero-order valence-corrected chi connectivity index (χ0v) is 16.0. The van der Waals surface area contributed by atoms with E-state index in [0.29, 0.717) is 17.5 Å². The summed E-state index contributed by atoms with van der Waals surface area (Å²) < 4.78 is 53.9. The first kappa shape index (κ1) is 18.6. The van der Waals surface area contributed by atoms with Crippen LogP contribution in [-0.2, 0) is 20.0 Å². The number of sulfonamides is 1. The van der Waals surface area contributed by atoms with Gasteiger partial charge in [-0.05, 0) is 49.7 Å². The molecular weight excluding hydrogens is 374 g/mol. The summed E-state index contributed by atoms with van der Waals surface area (Å²) in [5.41, 5.74) is 1.02. The fourth-order valence-electron chi connectivity index (χ4n) is 2.45. The van der Waals surface area contributed by atoms with Gasteiger partial charge in [0.05, 0.1) is 20.8 Å². The van der Waals surface area contributed by atoms with E-state index in [1.165, 1.54) is 30.6 Å². The molecule has 0 amide bonds. The molecule has 1 N–H and O–H groups in total. The number of hydrogen-bond acceptors (Lipinski definition) is 5. The number of rotatable bonds is 6. The molecule has 0 bridgehead atoms. The molecule has 3 rings (SSSR count). The Morgan fingerprint density at radius 3 is 2.27 bits per heavy atom. The van der Waals surface area contributed by atoms with E-state index in [2.05, 4.69) is 9.71 Å². The van der Waals surface area contributed by atoms with E-state index in [-0.39, 0.29) is 15.8 Å². The molecule has 0 aliphatic heterocycles. The highest BCUT2D eigenvalue weighted by atomic mass is 32.2. The zero-order valence-electron chi connectivity index (χ0n) is 14.3. The molecule has 0 aliphatic carbocycles. The second kappa shape index (κ2) is 6.82. The highest BCUT2D eigenvalue weighted by Gasteiger charge is 2.22. The van der Waals surface area contributed by atoms with Gasteiger partial charge in [0.2, 0.25) is 10.0 Å². The quantitative estimate of drug-likeness (QED) is 0.693. The van der Waals surface area contributed by atoms with E-state index < -0.39 is 20.0 Å². The summed E-state index contributed by atoms with van der Waals surface area (Å²) in [6, 6.07) is 11.8. The third-order valence-corrected chi connectivity index (χ3v) is 7.36. The third kappa shape index (κ3) is 3.37. The molecular formula is C17H19N3O4S2. The van der Waals surface area contributed by atoms with Crippen molar-refractivity contribution in [2.24, 2.45) is 0 Å². The van der Waals surface area contributed by atoms with Gasteiger partial charge in [0.1, 0.15) is 6.33 Å².